The number of thiophene rings is 1. The summed E-state index contributed by atoms with van der Waals surface area (Å²) in [4.78, 5) is 14.5. The second-order valence-corrected chi connectivity index (χ2v) is 7.85. The first-order chi connectivity index (χ1) is 12.1. The molecule has 1 aliphatic rings. The molecule has 0 saturated heterocycles. The molecule has 0 aliphatic heterocycles. The van der Waals surface area contributed by atoms with Gasteiger partial charge in [-0.15, -0.1) is 11.3 Å². The lowest BCUT2D eigenvalue weighted by Gasteiger charge is -2.17. The van der Waals surface area contributed by atoms with E-state index in [-0.39, 0.29) is 11.9 Å². The molecule has 1 amide bonds. The van der Waals surface area contributed by atoms with Gasteiger partial charge in [0.05, 0.1) is 10.9 Å². The molecule has 1 heterocycles. The summed E-state index contributed by atoms with van der Waals surface area (Å²) < 4.78 is 0. The zero-order valence-corrected chi connectivity index (χ0v) is 15.9. The van der Waals surface area contributed by atoms with Crippen LogP contribution in [0.2, 0.25) is 0 Å². The number of hydrogen-bond acceptors (Lipinski definition) is 3. The zero-order valence-electron chi connectivity index (χ0n) is 14.3. The number of rotatable bonds is 3. The van der Waals surface area contributed by atoms with Crippen molar-refractivity contribution in [2.75, 3.05) is 0 Å². The van der Waals surface area contributed by atoms with Crippen LogP contribution in [0.5, 0.6) is 0 Å². The van der Waals surface area contributed by atoms with Crippen LogP contribution in [0.1, 0.15) is 57.9 Å². The van der Waals surface area contributed by atoms with Gasteiger partial charge in [0.2, 0.25) is 0 Å². The van der Waals surface area contributed by atoms with E-state index in [4.69, 9.17) is 12.2 Å². The maximum Gasteiger partial charge on any atom is 0.279 e. The number of benzene rings is 1. The summed E-state index contributed by atoms with van der Waals surface area (Å²) in [6, 6.07) is 12.1. The van der Waals surface area contributed by atoms with Gasteiger partial charge in [-0.25, -0.2) is 0 Å². The smallest absolute Gasteiger partial charge is 0.279 e. The molecule has 1 aliphatic carbocycles. The number of hydrazine groups is 1. The van der Waals surface area contributed by atoms with E-state index in [1.165, 1.54) is 29.7 Å². The van der Waals surface area contributed by atoms with Crippen molar-refractivity contribution in [3.05, 3.63) is 57.3 Å². The average molecular weight is 374 g/mol. The minimum atomic E-state index is -0.130. The number of fused-ring (bicyclic) bond motifs is 1. The largest absolute Gasteiger partial charge is 0.355 e. The van der Waals surface area contributed by atoms with Crippen molar-refractivity contribution < 1.29 is 4.79 Å². The van der Waals surface area contributed by atoms with Gasteiger partial charge in [0.25, 0.3) is 5.91 Å². The lowest BCUT2D eigenvalue weighted by atomic mass is 10.1. The van der Waals surface area contributed by atoms with E-state index in [2.05, 4.69) is 16.2 Å². The van der Waals surface area contributed by atoms with Crippen LogP contribution in [0.15, 0.2) is 36.4 Å². The Kier molecular flexibility index (Phi) is 6.04. The molecule has 4 nitrogen and oxygen atoms in total. The normalized spacial score (nSPS) is 14.8. The first kappa shape index (κ1) is 17.9. The topological polar surface area (TPSA) is 53.2 Å². The number of thiocarbonyl (C=S) groups is 1. The molecule has 1 aromatic carbocycles. The summed E-state index contributed by atoms with van der Waals surface area (Å²) in [5.41, 5.74) is 7.98. The monoisotopic (exact) mass is 373 g/mol. The van der Waals surface area contributed by atoms with Gasteiger partial charge in [0.15, 0.2) is 5.11 Å². The van der Waals surface area contributed by atoms with Crippen LogP contribution < -0.4 is 16.2 Å². The van der Waals surface area contributed by atoms with Crippen molar-refractivity contribution >= 4 is 34.6 Å². The SMILES string of the molecule is C[C@@H](NC(=S)NNC(=O)c1cc2c(s1)CCCCC2)c1ccccc1. The van der Waals surface area contributed by atoms with Crippen molar-refractivity contribution in [1.29, 1.82) is 0 Å². The van der Waals surface area contributed by atoms with Gasteiger partial charge in [-0.2, -0.15) is 0 Å². The van der Waals surface area contributed by atoms with Crippen LogP contribution in [-0.4, -0.2) is 11.0 Å². The fourth-order valence-corrected chi connectivity index (χ4v) is 4.39. The van der Waals surface area contributed by atoms with E-state index in [0.717, 1.165) is 23.3 Å². The quantitative estimate of drug-likeness (QED) is 0.434. The number of carbonyl (C=O) groups excluding carboxylic acids is 1. The predicted octanol–water partition coefficient (Wildman–Crippen LogP) is 3.89. The third kappa shape index (κ3) is 4.80. The van der Waals surface area contributed by atoms with Gasteiger partial charge in [-0.1, -0.05) is 36.8 Å². The molecular weight excluding hydrogens is 350 g/mol. The summed E-state index contributed by atoms with van der Waals surface area (Å²) in [7, 11) is 0. The highest BCUT2D eigenvalue weighted by molar-refractivity contribution is 7.80. The van der Waals surface area contributed by atoms with Crippen molar-refractivity contribution in [2.24, 2.45) is 0 Å². The van der Waals surface area contributed by atoms with Gasteiger partial charge in [0.1, 0.15) is 0 Å². The molecule has 0 fully saturated rings. The van der Waals surface area contributed by atoms with Crippen LogP contribution in [0.4, 0.5) is 0 Å². The van der Waals surface area contributed by atoms with Crippen LogP contribution >= 0.6 is 23.6 Å². The standard InChI is InChI=1S/C19H23N3OS2/c1-13(14-8-4-2-5-9-14)20-19(24)22-21-18(23)17-12-15-10-6-3-7-11-16(15)25-17/h2,4-5,8-9,12-13H,3,6-7,10-11H2,1H3,(H,21,23)(H2,20,22,24)/t13-/m1/s1. The van der Waals surface area contributed by atoms with Crippen LogP contribution in [-0.2, 0) is 12.8 Å². The second-order valence-electron chi connectivity index (χ2n) is 6.30. The highest BCUT2D eigenvalue weighted by Crippen LogP contribution is 2.28. The number of aryl methyl sites for hydroxylation is 2. The number of carbonyl (C=O) groups is 1. The summed E-state index contributed by atoms with van der Waals surface area (Å²) in [6.07, 6.45) is 5.90. The number of nitrogens with one attached hydrogen (secondary N) is 3. The molecule has 25 heavy (non-hydrogen) atoms. The summed E-state index contributed by atoms with van der Waals surface area (Å²) in [6.45, 7) is 2.03. The molecule has 2 aromatic rings. The van der Waals surface area contributed by atoms with Gasteiger partial charge in [-0.05, 0) is 62.0 Å². The van der Waals surface area contributed by atoms with E-state index < -0.39 is 0 Å². The summed E-state index contributed by atoms with van der Waals surface area (Å²) >= 11 is 6.87. The van der Waals surface area contributed by atoms with Crippen LogP contribution in [0.25, 0.3) is 0 Å². The highest BCUT2D eigenvalue weighted by Gasteiger charge is 2.16. The molecule has 6 heteroatoms. The Balaban J connectivity index is 1.51. The highest BCUT2D eigenvalue weighted by atomic mass is 32.1. The predicted molar refractivity (Wildman–Crippen MR) is 107 cm³/mol. The third-order valence-electron chi connectivity index (χ3n) is 4.41. The molecule has 1 aromatic heterocycles. The first-order valence-corrected chi connectivity index (χ1v) is 9.89. The molecule has 0 bridgehead atoms. The van der Waals surface area contributed by atoms with Crippen LogP contribution in [0.3, 0.4) is 0 Å². The van der Waals surface area contributed by atoms with Gasteiger partial charge >= 0.3 is 0 Å². The molecule has 0 radical (unpaired) electrons. The molecule has 0 spiro atoms. The van der Waals surface area contributed by atoms with Crippen molar-refractivity contribution in [1.82, 2.24) is 16.2 Å². The minimum Gasteiger partial charge on any atom is -0.355 e. The Hall–Kier alpha value is -1.92. The van der Waals surface area contributed by atoms with Gasteiger partial charge < -0.3 is 5.32 Å². The fraction of sp³-hybridized carbons (Fsp3) is 0.368. The van der Waals surface area contributed by atoms with E-state index in [1.807, 2.05) is 43.3 Å². The number of hydrogen-bond donors (Lipinski definition) is 3. The Labute approximate surface area is 158 Å². The third-order valence-corrected chi connectivity index (χ3v) is 5.86. The first-order valence-electron chi connectivity index (χ1n) is 8.67. The minimum absolute atomic E-state index is 0.0657. The maximum atomic E-state index is 12.4. The Bertz CT molecular complexity index is 719. The summed E-state index contributed by atoms with van der Waals surface area (Å²) in [5, 5.41) is 3.57. The lowest BCUT2D eigenvalue weighted by molar-refractivity contribution is 0.0947. The lowest BCUT2D eigenvalue weighted by Crippen LogP contribution is -2.47. The van der Waals surface area contributed by atoms with Crippen LogP contribution in [0, 0.1) is 0 Å². The summed E-state index contributed by atoms with van der Waals surface area (Å²) in [5.74, 6) is -0.130. The van der Waals surface area contributed by atoms with Crippen molar-refractivity contribution in [2.45, 2.75) is 45.1 Å². The molecule has 132 valence electrons. The van der Waals surface area contributed by atoms with E-state index in [0.29, 0.717) is 5.11 Å². The van der Waals surface area contributed by atoms with Gasteiger partial charge in [-0.3, -0.25) is 15.6 Å². The second kappa shape index (κ2) is 8.45. The number of amides is 1. The average Bonchev–Trinajstić information content (AvgIpc) is 2.91. The van der Waals surface area contributed by atoms with E-state index >= 15 is 0 Å². The molecule has 3 N–H and O–H groups in total. The van der Waals surface area contributed by atoms with Crippen molar-refractivity contribution in [3.8, 4) is 0 Å². The van der Waals surface area contributed by atoms with Crippen molar-refractivity contribution in [3.63, 3.8) is 0 Å². The van der Waals surface area contributed by atoms with Gasteiger partial charge in [0, 0.05) is 4.88 Å². The Morgan fingerprint density at radius 2 is 1.88 bits per heavy atom. The molecule has 0 unspecified atom stereocenters. The maximum absolute atomic E-state index is 12.4. The Morgan fingerprint density at radius 3 is 2.68 bits per heavy atom. The molecular formula is C19H23N3OS2. The molecule has 1 atom stereocenters. The Morgan fingerprint density at radius 1 is 1.12 bits per heavy atom. The van der Waals surface area contributed by atoms with E-state index in [9.17, 15) is 4.79 Å². The molecule has 3 rings (SSSR count). The fourth-order valence-electron chi connectivity index (χ4n) is 3.01. The zero-order chi connectivity index (χ0) is 17.6. The van der Waals surface area contributed by atoms with E-state index in [1.54, 1.807) is 11.3 Å². The molecule has 0 saturated carbocycles.